The SMILES string of the molecule is CC1=CC(=O)OC(=O)C1=Cc1ccc(N(C)C)cc1. The molecular formula is C15H15NO3. The van der Waals surface area contributed by atoms with E-state index in [0.717, 1.165) is 11.3 Å². The second-order valence-electron chi connectivity index (χ2n) is 4.58. The normalized spacial score (nSPS) is 17.2. The second-order valence-corrected chi connectivity index (χ2v) is 4.58. The van der Waals surface area contributed by atoms with Gasteiger partial charge in [-0.05, 0) is 36.3 Å². The van der Waals surface area contributed by atoms with Gasteiger partial charge in [0, 0.05) is 25.9 Å². The van der Waals surface area contributed by atoms with Crippen LogP contribution in [0.25, 0.3) is 6.08 Å². The van der Waals surface area contributed by atoms with Crippen LogP contribution in [0.2, 0.25) is 0 Å². The molecule has 1 aliphatic heterocycles. The fourth-order valence-corrected chi connectivity index (χ4v) is 1.80. The van der Waals surface area contributed by atoms with E-state index in [4.69, 9.17) is 0 Å². The first kappa shape index (κ1) is 13.1. The molecular weight excluding hydrogens is 242 g/mol. The Kier molecular flexibility index (Phi) is 3.51. The minimum Gasteiger partial charge on any atom is -0.386 e. The molecule has 0 spiro atoms. The monoisotopic (exact) mass is 257 g/mol. The summed E-state index contributed by atoms with van der Waals surface area (Å²) in [5.41, 5.74) is 3.01. The average Bonchev–Trinajstić information content (AvgIpc) is 2.34. The Bertz CT molecular complexity index is 580. The molecule has 4 nitrogen and oxygen atoms in total. The molecule has 1 aromatic carbocycles. The lowest BCUT2D eigenvalue weighted by Gasteiger charge is -2.13. The van der Waals surface area contributed by atoms with Crippen molar-refractivity contribution in [2.45, 2.75) is 6.92 Å². The molecule has 2 rings (SSSR count). The molecule has 0 radical (unpaired) electrons. The molecule has 19 heavy (non-hydrogen) atoms. The number of nitrogens with zero attached hydrogens (tertiary/aromatic N) is 1. The van der Waals surface area contributed by atoms with Crippen LogP contribution >= 0.6 is 0 Å². The molecule has 0 saturated heterocycles. The first-order valence-electron chi connectivity index (χ1n) is 5.91. The van der Waals surface area contributed by atoms with Crippen molar-refractivity contribution in [3.05, 3.63) is 47.1 Å². The van der Waals surface area contributed by atoms with E-state index in [0.29, 0.717) is 11.1 Å². The van der Waals surface area contributed by atoms with Gasteiger partial charge in [0.15, 0.2) is 0 Å². The molecule has 4 heteroatoms. The Morgan fingerprint density at radius 1 is 1.11 bits per heavy atom. The molecule has 0 saturated carbocycles. The van der Waals surface area contributed by atoms with E-state index in [9.17, 15) is 9.59 Å². The quantitative estimate of drug-likeness (QED) is 0.463. The predicted octanol–water partition coefficient (Wildman–Crippen LogP) is 2.17. The second kappa shape index (κ2) is 5.10. The van der Waals surface area contributed by atoms with Gasteiger partial charge in [0.25, 0.3) is 0 Å². The maximum atomic E-state index is 11.6. The van der Waals surface area contributed by atoms with Gasteiger partial charge in [0.1, 0.15) is 0 Å². The first-order valence-corrected chi connectivity index (χ1v) is 5.91. The van der Waals surface area contributed by atoms with Gasteiger partial charge in [-0.15, -0.1) is 0 Å². The van der Waals surface area contributed by atoms with Crippen molar-refractivity contribution in [1.82, 2.24) is 0 Å². The molecule has 0 N–H and O–H groups in total. The molecule has 0 atom stereocenters. The summed E-state index contributed by atoms with van der Waals surface area (Å²) in [4.78, 5) is 24.7. The van der Waals surface area contributed by atoms with Crippen LogP contribution in [0, 0.1) is 0 Å². The average molecular weight is 257 g/mol. The summed E-state index contributed by atoms with van der Waals surface area (Å²) in [6.45, 7) is 1.72. The number of ether oxygens (including phenoxy) is 1. The summed E-state index contributed by atoms with van der Waals surface area (Å²) in [6.07, 6.45) is 3.04. The van der Waals surface area contributed by atoms with Crippen LogP contribution < -0.4 is 4.90 Å². The molecule has 0 amide bonds. The topological polar surface area (TPSA) is 46.6 Å². The highest BCUT2D eigenvalue weighted by atomic mass is 16.6. The van der Waals surface area contributed by atoms with E-state index in [1.807, 2.05) is 43.3 Å². The summed E-state index contributed by atoms with van der Waals surface area (Å²) >= 11 is 0. The van der Waals surface area contributed by atoms with E-state index < -0.39 is 11.9 Å². The number of carbonyl (C=O) groups excluding carboxylic acids is 2. The predicted molar refractivity (Wildman–Crippen MR) is 73.6 cm³/mol. The number of anilines is 1. The lowest BCUT2D eigenvalue weighted by Crippen LogP contribution is -2.18. The van der Waals surface area contributed by atoms with Crippen LogP contribution in [-0.2, 0) is 14.3 Å². The minimum absolute atomic E-state index is 0.414. The zero-order valence-electron chi connectivity index (χ0n) is 11.1. The van der Waals surface area contributed by atoms with Crippen molar-refractivity contribution in [2.75, 3.05) is 19.0 Å². The van der Waals surface area contributed by atoms with Crippen molar-refractivity contribution in [3.8, 4) is 0 Å². The molecule has 0 fully saturated rings. The van der Waals surface area contributed by atoms with Crippen LogP contribution in [0.5, 0.6) is 0 Å². The number of cyclic esters (lactones) is 2. The summed E-state index contributed by atoms with van der Waals surface area (Å²) in [7, 11) is 3.93. The summed E-state index contributed by atoms with van der Waals surface area (Å²) in [5, 5.41) is 0. The van der Waals surface area contributed by atoms with Gasteiger partial charge < -0.3 is 9.64 Å². The van der Waals surface area contributed by atoms with Crippen LogP contribution in [0.4, 0.5) is 5.69 Å². The van der Waals surface area contributed by atoms with Crippen molar-refractivity contribution >= 4 is 23.7 Å². The van der Waals surface area contributed by atoms with Gasteiger partial charge in [-0.1, -0.05) is 12.1 Å². The summed E-state index contributed by atoms with van der Waals surface area (Å²) in [6, 6.07) is 7.76. The lowest BCUT2D eigenvalue weighted by molar-refractivity contribution is -0.153. The van der Waals surface area contributed by atoms with Crippen molar-refractivity contribution in [3.63, 3.8) is 0 Å². The Morgan fingerprint density at radius 2 is 1.74 bits per heavy atom. The van der Waals surface area contributed by atoms with Crippen molar-refractivity contribution in [1.29, 1.82) is 0 Å². The fourth-order valence-electron chi connectivity index (χ4n) is 1.80. The molecule has 0 unspecified atom stereocenters. The number of hydrogen-bond donors (Lipinski definition) is 0. The third-order valence-electron chi connectivity index (χ3n) is 2.89. The van der Waals surface area contributed by atoms with E-state index in [2.05, 4.69) is 4.74 Å². The van der Waals surface area contributed by atoms with Crippen LogP contribution in [0.3, 0.4) is 0 Å². The largest absolute Gasteiger partial charge is 0.386 e. The van der Waals surface area contributed by atoms with Crippen molar-refractivity contribution in [2.24, 2.45) is 0 Å². The molecule has 1 heterocycles. The molecule has 0 bridgehead atoms. The third-order valence-corrected chi connectivity index (χ3v) is 2.89. The zero-order chi connectivity index (χ0) is 14.0. The fraction of sp³-hybridized carbons (Fsp3) is 0.200. The van der Waals surface area contributed by atoms with Crippen molar-refractivity contribution < 1.29 is 14.3 Å². The molecule has 98 valence electrons. The summed E-state index contributed by atoms with van der Waals surface area (Å²) < 4.78 is 4.57. The number of hydrogen-bond acceptors (Lipinski definition) is 4. The smallest absolute Gasteiger partial charge is 0.346 e. The lowest BCUT2D eigenvalue weighted by atomic mass is 10.0. The first-order chi connectivity index (χ1) is 8.97. The summed E-state index contributed by atoms with van der Waals surface area (Å²) in [5.74, 6) is -1.20. The Balaban J connectivity index is 2.33. The molecule has 0 aromatic heterocycles. The van der Waals surface area contributed by atoms with Crippen LogP contribution in [0.15, 0.2) is 41.5 Å². The highest BCUT2D eigenvalue weighted by molar-refractivity contribution is 6.09. The van der Waals surface area contributed by atoms with E-state index in [-0.39, 0.29) is 0 Å². The molecule has 1 aromatic rings. The van der Waals surface area contributed by atoms with Gasteiger partial charge >= 0.3 is 11.9 Å². The van der Waals surface area contributed by atoms with Crippen LogP contribution in [0.1, 0.15) is 12.5 Å². The number of carbonyl (C=O) groups is 2. The van der Waals surface area contributed by atoms with Gasteiger partial charge in [-0.2, -0.15) is 0 Å². The molecule has 1 aliphatic rings. The maximum absolute atomic E-state index is 11.6. The van der Waals surface area contributed by atoms with E-state index in [1.165, 1.54) is 6.08 Å². The maximum Gasteiger partial charge on any atom is 0.346 e. The molecule has 0 aliphatic carbocycles. The van der Waals surface area contributed by atoms with E-state index >= 15 is 0 Å². The van der Waals surface area contributed by atoms with E-state index in [1.54, 1.807) is 13.0 Å². The van der Waals surface area contributed by atoms with Gasteiger partial charge in [0.05, 0.1) is 5.57 Å². The minimum atomic E-state index is -0.609. The van der Waals surface area contributed by atoms with Gasteiger partial charge in [-0.25, -0.2) is 9.59 Å². The number of esters is 2. The van der Waals surface area contributed by atoms with Crippen LogP contribution in [-0.4, -0.2) is 26.0 Å². The Labute approximate surface area is 112 Å². The zero-order valence-corrected chi connectivity index (χ0v) is 11.1. The highest BCUT2D eigenvalue weighted by Gasteiger charge is 2.22. The standard InChI is InChI=1S/C15H15NO3/c1-10-8-14(17)19-15(18)13(10)9-11-4-6-12(7-5-11)16(2)3/h4-9H,1-3H3. The Hall–Kier alpha value is -2.36. The number of rotatable bonds is 2. The Morgan fingerprint density at radius 3 is 2.26 bits per heavy atom. The van der Waals surface area contributed by atoms with Gasteiger partial charge in [-0.3, -0.25) is 0 Å². The highest BCUT2D eigenvalue weighted by Crippen LogP contribution is 2.21. The third kappa shape index (κ3) is 2.91. The van der Waals surface area contributed by atoms with Gasteiger partial charge in [0.2, 0.25) is 0 Å². The number of benzene rings is 1.